The Labute approximate surface area is 208 Å². The fourth-order valence-electron chi connectivity index (χ4n) is 5.59. The van der Waals surface area contributed by atoms with E-state index in [1.807, 2.05) is 30.3 Å². The van der Waals surface area contributed by atoms with Crippen LogP contribution < -0.4 is 15.5 Å². The maximum Gasteiger partial charge on any atom is 0.216 e. The molecule has 6 rings (SSSR count). The topological polar surface area (TPSA) is 90.4 Å². The van der Waals surface area contributed by atoms with Gasteiger partial charge < -0.3 is 20.6 Å². The molecule has 8 heteroatoms. The molecule has 0 saturated carbocycles. The van der Waals surface area contributed by atoms with Gasteiger partial charge >= 0.3 is 0 Å². The van der Waals surface area contributed by atoms with Crippen molar-refractivity contribution >= 4 is 33.4 Å². The number of carbonyl (C=O) groups is 1. The first-order valence-electron chi connectivity index (χ1n) is 12.4. The van der Waals surface area contributed by atoms with E-state index in [4.69, 9.17) is 4.98 Å². The molecule has 3 aromatic carbocycles. The molecule has 0 aliphatic carbocycles. The van der Waals surface area contributed by atoms with E-state index in [0.29, 0.717) is 47.4 Å². The Bertz CT molecular complexity index is 1480. The van der Waals surface area contributed by atoms with Gasteiger partial charge in [-0.15, -0.1) is 0 Å². The number of piperazine rings is 1. The van der Waals surface area contributed by atoms with E-state index in [0.717, 1.165) is 42.5 Å². The molecule has 2 atom stereocenters. The minimum Gasteiger partial charge on any atom is -0.508 e. The Balaban J connectivity index is 1.50. The third kappa shape index (κ3) is 4.11. The number of phenolic OH excluding ortho intramolecular Hbond substituents is 1. The monoisotopic (exact) mass is 485 g/mol. The van der Waals surface area contributed by atoms with Gasteiger partial charge in [-0.05, 0) is 47.4 Å². The van der Waals surface area contributed by atoms with Crippen molar-refractivity contribution in [1.29, 1.82) is 0 Å². The minimum atomic E-state index is -0.439. The highest BCUT2D eigenvalue weighted by Crippen LogP contribution is 2.38. The number of anilines is 1. The molecule has 1 aromatic heterocycles. The molecule has 4 aromatic rings. The van der Waals surface area contributed by atoms with Gasteiger partial charge in [0.15, 0.2) is 5.82 Å². The molecule has 2 saturated heterocycles. The summed E-state index contributed by atoms with van der Waals surface area (Å²) in [5.74, 6) is 0.750. The molecular formula is C28H28FN5O2. The number of halogens is 1. The fraction of sp³-hybridized carbons (Fsp3) is 0.321. The quantitative estimate of drug-likeness (QED) is 0.397. The lowest BCUT2D eigenvalue weighted by molar-refractivity contribution is -0.118. The Kier molecular flexibility index (Phi) is 5.68. The Morgan fingerprint density at radius 3 is 2.64 bits per heavy atom. The number of phenols is 1. The van der Waals surface area contributed by atoms with Crippen molar-refractivity contribution < 1.29 is 14.3 Å². The van der Waals surface area contributed by atoms with Gasteiger partial charge in [-0.2, -0.15) is 0 Å². The summed E-state index contributed by atoms with van der Waals surface area (Å²) < 4.78 is 16.3. The van der Waals surface area contributed by atoms with Crippen molar-refractivity contribution in [3.63, 3.8) is 0 Å². The number of aromatic nitrogens is 2. The van der Waals surface area contributed by atoms with Gasteiger partial charge in [-0.1, -0.05) is 30.3 Å². The number of hydrogen-bond donors (Lipinski definition) is 3. The van der Waals surface area contributed by atoms with Crippen LogP contribution >= 0.6 is 0 Å². The van der Waals surface area contributed by atoms with Crippen LogP contribution in [0.5, 0.6) is 5.75 Å². The van der Waals surface area contributed by atoms with Crippen molar-refractivity contribution in [2.45, 2.75) is 38.3 Å². The molecule has 2 aliphatic heterocycles. The summed E-state index contributed by atoms with van der Waals surface area (Å²) in [6, 6.07) is 15.4. The van der Waals surface area contributed by atoms with E-state index >= 15 is 4.39 Å². The van der Waals surface area contributed by atoms with Crippen LogP contribution in [0.15, 0.2) is 48.5 Å². The lowest BCUT2D eigenvalue weighted by Gasteiger charge is -2.34. The van der Waals surface area contributed by atoms with Gasteiger partial charge in [0.1, 0.15) is 22.9 Å². The number of benzene rings is 3. The predicted molar refractivity (Wildman–Crippen MR) is 139 cm³/mol. The van der Waals surface area contributed by atoms with Gasteiger partial charge in [0.05, 0.1) is 0 Å². The first-order chi connectivity index (χ1) is 17.5. The molecule has 184 valence electrons. The highest BCUT2D eigenvalue weighted by Gasteiger charge is 2.34. The summed E-state index contributed by atoms with van der Waals surface area (Å²) in [5, 5.41) is 19.1. The zero-order valence-electron chi connectivity index (χ0n) is 20.1. The third-order valence-corrected chi connectivity index (χ3v) is 7.21. The van der Waals surface area contributed by atoms with E-state index in [-0.39, 0.29) is 17.2 Å². The Morgan fingerprint density at radius 2 is 1.86 bits per heavy atom. The van der Waals surface area contributed by atoms with E-state index in [2.05, 4.69) is 20.5 Å². The number of rotatable bonds is 5. The Hall–Kier alpha value is -3.78. The lowest BCUT2D eigenvalue weighted by Crippen LogP contribution is -2.51. The first-order valence-corrected chi connectivity index (χ1v) is 12.4. The molecule has 2 fully saturated rings. The molecular weight excluding hydrogens is 457 g/mol. The second kappa shape index (κ2) is 9.02. The van der Waals surface area contributed by atoms with Crippen molar-refractivity contribution in [1.82, 2.24) is 20.6 Å². The number of amides is 1. The van der Waals surface area contributed by atoms with Crippen LogP contribution in [0.2, 0.25) is 0 Å². The summed E-state index contributed by atoms with van der Waals surface area (Å²) in [4.78, 5) is 23.1. The van der Waals surface area contributed by atoms with Crippen LogP contribution in [0.1, 0.15) is 25.6 Å². The van der Waals surface area contributed by atoms with E-state index in [9.17, 15) is 9.90 Å². The zero-order valence-corrected chi connectivity index (χ0v) is 20.1. The van der Waals surface area contributed by atoms with Crippen LogP contribution in [-0.4, -0.2) is 52.7 Å². The standard InChI is InChI=1S/C28H28FN5O2/c1-16(35)30-11-10-25-32-27-23(28(33-25)34-14-18-6-7-19(15-34)31-18)9-8-22(26(27)29)24-13-20(36)12-17-4-2-3-5-21(17)24/h2-5,8-9,12-13,18-19,31,36H,6-7,10-11,14-15H2,1H3,(H,30,35)/t18-,19+. The van der Waals surface area contributed by atoms with Gasteiger partial charge in [0, 0.05) is 56.0 Å². The largest absolute Gasteiger partial charge is 0.508 e. The van der Waals surface area contributed by atoms with Gasteiger partial charge in [-0.25, -0.2) is 14.4 Å². The molecule has 36 heavy (non-hydrogen) atoms. The lowest BCUT2D eigenvalue weighted by atomic mass is 9.96. The van der Waals surface area contributed by atoms with E-state index in [1.165, 1.54) is 6.92 Å². The maximum absolute atomic E-state index is 16.3. The molecule has 3 heterocycles. The van der Waals surface area contributed by atoms with Crippen LogP contribution in [-0.2, 0) is 11.2 Å². The molecule has 0 unspecified atom stereocenters. The third-order valence-electron chi connectivity index (χ3n) is 7.21. The molecule has 2 bridgehead atoms. The van der Waals surface area contributed by atoms with Crippen molar-refractivity contribution in [3.05, 3.63) is 60.2 Å². The number of hydrogen-bond acceptors (Lipinski definition) is 6. The number of carbonyl (C=O) groups excluding carboxylic acids is 1. The second-order valence-electron chi connectivity index (χ2n) is 9.78. The SMILES string of the molecule is CC(=O)NCCc1nc(N2C[C@H]3CC[C@@H](C2)N3)c2ccc(-c3cc(O)cc4ccccc34)c(F)c2n1. The first kappa shape index (κ1) is 22.7. The number of aromatic hydroxyl groups is 1. The highest BCUT2D eigenvalue weighted by molar-refractivity contribution is 6.01. The van der Waals surface area contributed by atoms with Crippen molar-refractivity contribution in [2.75, 3.05) is 24.5 Å². The summed E-state index contributed by atoms with van der Waals surface area (Å²) >= 11 is 0. The molecule has 0 spiro atoms. The predicted octanol–water partition coefficient (Wildman–Crippen LogP) is 3.91. The second-order valence-corrected chi connectivity index (χ2v) is 9.78. The van der Waals surface area contributed by atoms with E-state index < -0.39 is 5.82 Å². The maximum atomic E-state index is 16.3. The summed E-state index contributed by atoms with van der Waals surface area (Å²) in [7, 11) is 0. The smallest absolute Gasteiger partial charge is 0.216 e. The van der Waals surface area contributed by atoms with Crippen LogP contribution in [0.3, 0.4) is 0 Å². The van der Waals surface area contributed by atoms with Crippen molar-refractivity contribution in [3.8, 4) is 16.9 Å². The van der Waals surface area contributed by atoms with Gasteiger partial charge in [0.2, 0.25) is 5.91 Å². The van der Waals surface area contributed by atoms with Crippen LogP contribution in [0.4, 0.5) is 10.2 Å². The molecule has 3 N–H and O–H groups in total. The van der Waals surface area contributed by atoms with Gasteiger partial charge in [-0.3, -0.25) is 4.79 Å². The number of fused-ring (bicyclic) bond motifs is 4. The highest BCUT2D eigenvalue weighted by atomic mass is 19.1. The summed E-state index contributed by atoms with van der Waals surface area (Å²) in [5.41, 5.74) is 1.26. The van der Waals surface area contributed by atoms with Gasteiger partial charge in [0.25, 0.3) is 0 Å². The van der Waals surface area contributed by atoms with Crippen LogP contribution in [0, 0.1) is 5.82 Å². The summed E-state index contributed by atoms with van der Waals surface area (Å²) in [6.45, 7) is 3.48. The van der Waals surface area contributed by atoms with E-state index in [1.54, 1.807) is 18.2 Å². The molecule has 7 nitrogen and oxygen atoms in total. The van der Waals surface area contributed by atoms with Crippen molar-refractivity contribution in [2.24, 2.45) is 0 Å². The molecule has 2 aliphatic rings. The zero-order chi connectivity index (χ0) is 24.8. The molecule has 0 radical (unpaired) electrons. The van der Waals surface area contributed by atoms with Crippen LogP contribution in [0.25, 0.3) is 32.8 Å². The minimum absolute atomic E-state index is 0.0823. The molecule has 1 amide bonds. The Morgan fingerprint density at radius 1 is 1.08 bits per heavy atom. The average Bonchev–Trinajstić information content (AvgIpc) is 3.20. The number of nitrogens with zero attached hydrogens (tertiary/aromatic N) is 3. The summed E-state index contributed by atoms with van der Waals surface area (Å²) in [6.07, 6.45) is 2.66. The average molecular weight is 486 g/mol. The normalized spacial score (nSPS) is 19.2. The number of nitrogens with one attached hydrogen (secondary N) is 2. The fourth-order valence-corrected chi connectivity index (χ4v) is 5.59.